The highest BCUT2D eigenvalue weighted by atomic mass is 15.2. The predicted octanol–water partition coefficient (Wildman–Crippen LogP) is -0.247. The van der Waals surface area contributed by atoms with Crippen LogP contribution in [0.1, 0.15) is 0 Å². The summed E-state index contributed by atoms with van der Waals surface area (Å²) in [6, 6.07) is 0. The molecule has 2 fully saturated rings. The highest BCUT2D eigenvalue weighted by Gasteiger charge is 2.53. The lowest BCUT2D eigenvalue weighted by Gasteiger charge is -2.10. The van der Waals surface area contributed by atoms with E-state index in [1.54, 1.807) is 0 Å². The van der Waals surface area contributed by atoms with Crippen LogP contribution in [0, 0.1) is 17.8 Å². The molecule has 0 bridgehead atoms. The summed E-state index contributed by atoms with van der Waals surface area (Å²) >= 11 is 0. The third-order valence-electron chi connectivity index (χ3n) is 2.83. The van der Waals surface area contributed by atoms with Crippen molar-refractivity contribution in [3.8, 4) is 0 Å². The second-order valence-electron chi connectivity index (χ2n) is 3.45. The van der Waals surface area contributed by atoms with Gasteiger partial charge in [0.1, 0.15) is 0 Å². The van der Waals surface area contributed by atoms with Crippen LogP contribution >= 0.6 is 0 Å². The number of nitrogens with zero attached hydrogens (tertiary/aromatic N) is 1. The Bertz CT molecular complexity index is 112. The summed E-state index contributed by atoms with van der Waals surface area (Å²) in [4.78, 5) is 2.40. The number of hydrogen-bond donors (Lipinski definition) is 1. The lowest BCUT2D eigenvalue weighted by Crippen LogP contribution is -2.21. The second kappa shape index (κ2) is 1.70. The van der Waals surface area contributed by atoms with Crippen molar-refractivity contribution >= 4 is 0 Å². The van der Waals surface area contributed by atoms with E-state index < -0.39 is 0 Å². The van der Waals surface area contributed by atoms with Gasteiger partial charge in [0.2, 0.25) is 0 Å². The van der Waals surface area contributed by atoms with E-state index in [4.69, 9.17) is 5.73 Å². The molecule has 1 aliphatic carbocycles. The maximum atomic E-state index is 5.55. The highest BCUT2D eigenvalue weighted by Crippen LogP contribution is 2.50. The third kappa shape index (κ3) is 0.700. The van der Waals surface area contributed by atoms with Gasteiger partial charge in [0.05, 0.1) is 0 Å². The third-order valence-corrected chi connectivity index (χ3v) is 2.83. The molecule has 0 aromatic carbocycles. The molecule has 0 amide bonds. The molecule has 2 heteroatoms. The Hall–Kier alpha value is -0.0800. The number of fused-ring (bicyclic) bond motifs is 1. The fraction of sp³-hybridized carbons (Fsp3) is 1.00. The van der Waals surface area contributed by atoms with Gasteiger partial charge in [-0.2, -0.15) is 0 Å². The van der Waals surface area contributed by atoms with Gasteiger partial charge in [-0.15, -0.1) is 0 Å². The Labute approximate surface area is 56.0 Å². The average Bonchev–Trinajstić information content (AvgIpc) is 2.30. The van der Waals surface area contributed by atoms with Crippen LogP contribution in [-0.2, 0) is 0 Å². The number of rotatable bonds is 1. The highest BCUT2D eigenvalue weighted by molar-refractivity contribution is 5.04. The lowest BCUT2D eigenvalue weighted by atomic mass is 10.3. The first kappa shape index (κ1) is 5.69. The Balaban J connectivity index is 1.91. The lowest BCUT2D eigenvalue weighted by molar-refractivity contribution is 0.346. The van der Waals surface area contributed by atoms with Crippen molar-refractivity contribution in [2.24, 2.45) is 23.5 Å². The SMILES string of the molecule is CN1C[C@@H]2C(CN)[C@@H]2C1. The number of likely N-dealkylation sites (tertiary alicyclic amines) is 1. The molecule has 1 aliphatic heterocycles. The van der Waals surface area contributed by atoms with Crippen molar-refractivity contribution in [1.82, 2.24) is 4.90 Å². The van der Waals surface area contributed by atoms with Crippen molar-refractivity contribution in [2.45, 2.75) is 0 Å². The van der Waals surface area contributed by atoms with Crippen molar-refractivity contribution in [1.29, 1.82) is 0 Å². The van der Waals surface area contributed by atoms with E-state index in [1.165, 1.54) is 13.1 Å². The van der Waals surface area contributed by atoms with Crippen molar-refractivity contribution in [3.63, 3.8) is 0 Å². The molecular formula is C7H14N2. The zero-order valence-corrected chi connectivity index (χ0v) is 5.88. The first-order valence-electron chi connectivity index (χ1n) is 3.71. The minimum Gasteiger partial charge on any atom is -0.330 e. The van der Waals surface area contributed by atoms with Gasteiger partial charge in [0.25, 0.3) is 0 Å². The molecule has 0 spiro atoms. The molecule has 1 unspecified atom stereocenters. The van der Waals surface area contributed by atoms with E-state index in [9.17, 15) is 0 Å². The van der Waals surface area contributed by atoms with E-state index in [0.29, 0.717) is 0 Å². The van der Waals surface area contributed by atoms with Gasteiger partial charge >= 0.3 is 0 Å². The molecule has 0 aromatic heterocycles. The first-order valence-corrected chi connectivity index (χ1v) is 3.71. The Morgan fingerprint density at radius 3 is 2.44 bits per heavy atom. The zero-order chi connectivity index (χ0) is 6.43. The summed E-state index contributed by atoms with van der Waals surface area (Å²) in [6.07, 6.45) is 0. The van der Waals surface area contributed by atoms with Crippen LogP contribution in [0.4, 0.5) is 0 Å². The molecule has 1 saturated heterocycles. The van der Waals surface area contributed by atoms with Gasteiger partial charge in [0, 0.05) is 13.1 Å². The van der Waals surface area contributed by atoms with Gasteiger partial charge in [-0.3, -0.25) is 0 Å². The van der Waals surface area contributed by atoms with Gasteiger partial charge in [0.15, 0.2) is 0 Å². The summed E-state index contributed by atoms with van der Waals surface area (Å²) in [5.41, 5.74) is 5.55. The fourth-order valence-corrected chi connectivity index (χ4v) is 2.21. The van der Waals surface area contributed by atoms with Crippen LogP contribution in [0.2, 0.25) is 0 Å². The van der Waals surface area contributed by atoms with Gasteiger partial charge in [-0.05, 0) is 31.3 Å². The molecule has 1 heterocycles. The molecule has 2 N–H and O–H groups in total. The Morgan fingerprint density at radius 2 is 2.00 bits per heavy atom. The van der Waals surface area contributed by atoms with E-state index in [2.05, 4.69) is 11.9 Å². The van der Waals surface area contributed by atoms with Gasteiger partial charge < -0.3 is 10.6 Å². The standard InChI is InChI=1S/C7H14N2/c1-9-3-6-5(2-8)7(6)4-9/h5-7H,2-4,8H2,1H3/t5?,6-,7+. The quantitative estimate of drug-likeness (QED) is 0.525. The van der Waals surface area contributed by atoms with Crippen LogP contribution in [0.15, 0.2) is 0 Å². The average molecular weight is 126 g/mol. The molecule has 52 valence electrons. The number of hydrogen-bond acceptors (Lipinski definition) is 2. The number of piperidine rings is 1. The second-order valence-corrected chi connectivity index (χ2v) is 3.45. The zero-order valence-electron chi connectivity index (χ0n) is 5.88. The molecule has 1 saturated carbocycles. The van der Waals surface area contributed by atoms with Crippen molar-refractivity contribution in [3.05, 3.63) is 0 Å². The van der Waals surface area contributed by atoms with E-state index in [1.807, 2.05) is 0 Å². The molecule has 9 heavy (non-hydrogen) atoms. The minimum atomic E-state index is 0.890. The van der Waals surface area contributed by atoms with E-state index in [0.717, 1.165) is 24.3 Å². The van der Waals surface area contributed by atoms with Gasteiger partial charge in [-0.1, -0.05) is 0 Å². The van der Waals surface area contributed by atoms with Crippen molar-refractivity contribution < 1.29 is 0 Å². The monoisotopic (exact) mass is 126 g/mol. The molecule has 2 aliphatic rings. The molecule has 2 rings (SSSR count). The maximum Gasteiger partial charge on any atom is 0.00132 e. The normalized spacial score (nSPS) is 49.3. The van der Waals surface area contributed by atoms with Crippen LogP contribution < -0.4 is 5.73 Å². The van der Waals surface area contributed by atoms with Crippen LogP contribution in [0.25, 0.3) is 0 Å². The topological polar surface area (TPSA) is 29.3 Å². The Morgan fingerprint density at radius 1 is 1.44 bits per heavy atom. The summed E-state index contributed by atoms with van der Waals surface area (Å²) in [7, 11) is 2.19. The summed E-state index contributed by atoms with van der Waals surface area (Å²) < 4.78 is 0. The Kier molecular flexibility index (Phi) is 1.08. The smallest absolute Gasteiger partial charge is 0.00132 e. The van der Waals surface area contributed by atoms with Crippen LogP contribution in [0.5, 0.6) is 0 Å². The predicted molar refractivity (Wildman–Crippen MR) is 37.0 cm³/mol. The minimum absolute atomic E-state index is 0.890. The van der Waals surface area contributed by atoms with Crippen molar-refractivity contribution in [2.75, 3.05) is 26.7 Å². The van der Waals surface area contributed by atoms with Crippen LogP contribution in [0.3, 0.4) is 0 Å². The fourth-order valence-electron chi connectivity index (χ4n) is 2.21. The van der Waals surface area contributed by atoms with Gasteiger partial charge in [-0.25, -0.2) is 0 Å². The maximum absolute atomic E-state index is 5.55. The summed E-state index contributed by atoms with van der Waals surface area (Å²) in [5.74, 6) is 2.83. The molecule has 0 aromatic rings. The largest absolute Gasteiger partial charge is 0.330 e. The molecule has 0 radical (unpaired) electrons. The molecule has 2 nitrogen and oxygen atoms in total. The first-order chi connectivity index (χ1) is 4.33. The number of nitrogens with two attached hydrogens (primary N) is 1. The summed E-state index contributed by atoms with van der Waals surface area (Å²) in [5, 5.41) is 0. The molecule has 3 atom stereocenters. The summed E-state index contributed by atoms with van der Waals surface area (Å²) in [6.45, 7) is 3.52. The van der Waals surface area contributed by atoms with E-state index in [-0.39, 0.29) is 0 Å². The van der Waals surface area contributed by atoms with Crippen LogP contribution in [-0.4, -0.2) is 31.6 Å². The molecular weight excluding hydrogens is 112 g/mol. The van der Waals surface area contributed by atoms with E-state index >= 15 is 0 Å².